The number of hydrogen-bond donors (Lipinski definition) is 0. The van der Waals surface area contributed by atoms with Gasteiger partial charge in [0.15, 0.2) is 17.5 Å². The number of amides is 1. The van der Waals surface area contributed by atoms with Crippen LogP contribution in [0.25, 0.3) is 0 Å². The van der Waals surface area contributed by atoms with Crippen molar-refractivity contribution in [1.29, 1.82) is 0 Å². The number of rotatable bonds is 3. The van der Waals surface area contributed by atoms with Crippen molar-refractivity contribution in [2.75, 3.05) is 26.9 Å². The van der Waals surface area contributed by atoms with Crippen LogP contribution in [-0.2, 0) is 17.7 Å². The Balaban J connectivity index is 1.57. The molecule has 0 unspecified atom stereocenters. The quantitative estimate of drug-likeness (QED) is 0.821. The van der Waals surface area contributed by atoms with Gasteiger partial charge in [0, 0.05) is 32.1 Å². The lowest BCUT2D eigenvalue weighted by Gasteiger charge is -2.26. The van der Waals surface area contributed by atoms with Crippen LogP contribution in [-0.4, -0.2) is 42.7 Å². The van der Waals surface area contributed by atoms with Gasteiger partial charge in [0.2, 0.25) is 0 Å². The maximum absolute atomic E-state index is 14.2. The topological polar surface area (TPSA) is 64.8 Å². The van der Waals surface area contributed by atoms with Crippen LogP contribution in [0.4, 0.5) is 8.78 Å². The molecule has 6 nitrogen and oxygen atoms in total. The van der Waals surface area contributed by atoms with Crippen molar-refractivity contribution in [3.05, 3.63) is 46.7 Å². The molecule has 1 fully saturated rings. The molecule has 8 heteroatoms. The van der Waals surface area contributed by atoms with E-state index in [0.717, 1.165) is 24.7 Å². The first kappa shape index (κ1) is 17.9. The Labute approximate surface area is 155 Å². The van der Waals surface area contributed by atoms with Crippen LogP contribution >= 0.6 is 0 Å². The number of fused-ring (bicyclic) bond motifs is 1. The normalized spacial score (nSPS) is 17.7. The third kappa shape index (κ3) is 3.29. The summed E-state index contributed by atoms with van der Waals surface area (Å²) in [5.74, 6) is -1.25. The standard InChI is InChI=1S/C19H20F2N2O4/c1-25-15-3-2-12(20)17(21)16(15)19(24)23-7-4-14-13(10-23)22-18(27-14)11-5-8-26-9-6-11/h2-3,11H,4-10H2,1H3. The van der Waals surface area contributed by atoms with E-state index in [0.29, 0.717) is 37.8 Å². The smallest absolute Gasteiger partial charge is 0.261 e. The average molecular weight is 378 g/mol. The van der Waals surface area contributed by atoms with Crippen LogP contribution in [0.15, 0.2) is 16.5 Å². The molecule has 0 spiro atoms. The first-order valence-corrected chi connectivity index (χ1v) is 8.96. The highest BCUT2D eigenvalue weighted by Gasteiger charge is 2.32. The summed E-state index contributed by atoms with van der Waals surface area (Å²) in [4.78, 5) is 18.8. The lowest BCUT2D eigenvalue weighted by atomic mass is 10.0. The molecule has 1 saturated heterocycles. The van der Waals surface area contributed by atoms with E-state index in [1.54, 1.807) is 0 Å². The zero-order chi connectivity index (χ0) is 19.0. The molecule has 0 bridgehead atoms. The largest absolute Gasteiger partial charge is 0.496 e. The van der Waals surface area contributed by atoms with E-state index in [9.17, 15) is 13.6 Å². The monoisotopic (exact) mass is 378 g/mol. The molecular formula is C19H20F2N2O4. The number of nitrogens with zero attached hydrogens (tertiary/aromatic N) is 2. The Morgan fingerprint density at radius 3 is 2.81 bits per heavy atom. The van der Waals surface area contributed by atoms with Crippen molar-refractivity contribution in [3.8, 4) is 5.75 Å². The van der Waals surface area contributed by atoms with E-state index >= 15 is 0 Å². The number of carbonyl (C=O) groups is 1. The second kappa shape index (κ2) is 7.26. The van der Waals surface area contributed by atoms with Crippen LogP contribution in [0.3, 0.4) is 0 Å². The number of hydrogen-bond acceptors (Lipinski definition) is 5. The van der Waals surface area contributed by atoms with E-state index in [2.05, 4.69) is 4.98 Å². The van der Waals surface area contributed by atoms with Gasteiger partial charge in [-0.1, -0.05) is 0 Å². The molecule has 1 aromatic heterocycles. The van der Waals surface area contributed by atoms with Gasteiger partial charge in [-0.2, -0.15) is 0 Å². The van der Waals surface area contributed by atoms with Crippen molar-refractivity contribution in [2.24, 2.45) is 0 Å². The number of aromatic nitrogens is 1. The average Bonchev–Trinajstić information content (AvgIpc) is 3.13. The summed E-state index contributed by atoms with van der Waals surface area (Å²) in [5.41, 5.74) is 0.279. The van der Waals surface area contributed by atoms with Crippen LogP contribution in [0.1, 0.15) is 46.5 Å². The summed E-state index contributed by atoms with van der Waals surface area (Å²) in [5, 5.41) is 0. The molecule has 4 rings (SSSR count). The molecule has 0 saturated carbocycles. The van der Waals surface area contributed by atoms with E-state index in [1.165, 1.54) is 18.1 Å². The molecule has 0 aliphatic carbocycles. The third-order valence-electron chi connectivity index (χ3n) is 5.09. The summed E-state index contributed by atoms with van der Waals surface area (Å²) in [6.45, 7) is 1.90. The summed E-state index contributed by atoms with van der Waals surface area (Å²) in [6.07, 6.45) is 2.19. The van der Waals surface area contributed by atoms with Crippen molar-refractivity contribution < 1.29 is 27.5 Å². The first-order chi connectivity index (χ1) is 13.1. The second-order valence-electron chi connectivity index (χ2n) is 6.72. The summed E-state index contributed by atoms with van der Waals surface area (Å²) in [6, 6.07) is 2.19. The molecule has 2 aliphatic heterocycles. The van der Waals surface area contributed by atoms with Crippen molar-refractivity contribution >= 4 is 5.91 Å². The van der Waals surface area contributed by atoms with Crippen LogP contribution in [0.5, 0.6) is 5.75 Å². The lowest BCUT2D eigenvalue weighted by molar-refractivity contribution is 0.0716. The lowest BCUT2D eigenvalue weighted by Crippen LogP contribution is -2.36. The Morgan fingerprint density at radius 1 is 1.30 bits per heavy atom. The number of carbonyl (C=O) groups excluding carboxylic acids is 1. The first-order valence-electron chi connectivity index (χ1n) is 8.96. The molecule has 1 amide bonds. The van der Waals surface area contributed by atoms with Gasteiger partial charge in [0.1, 0.15) is 22.8 Å². The van der Waals surface area contributed by atoms with Gasteiger partial charge in [-0.05, 0) is 25.0 Å². The zero-order valence-corrected chi connectivity index (χ0v) is 15.0. The molecule has 2 aliphatic rings. The van der Waals surface area contributed by atoms with Crippen LogP contribution in [0, 0.1) is 11.6 Å². The van der Waals surface area contributed by atoms with Crippen molar-refractivity contribution in [1.82, 2.24) is 9.88 Å². The van der Waals surface area contributed by atoms with E-state index in [1.807, 2.05) is 0 Å². The molecule has 0 atom stereocenters. The minimum Gasteiger partial charge on any atom is -0.496 e. The third-order valence-corrected chi connectivity index (χ3v) is 5.09. The van der Waals surface area contributed by atoms with Crippen molar-refractivity contribution in [2.45, 2.75) is 31.7 Å². The minimum absolute atomic E-state index is 0.00717. The maximum Gasteiger partial charge on any atom is 0.261 e. The highest BCUT2D eigenvalue weighted by Crippen LogP contribution is 2.31. The molecule has 0 radical (unpaired) electrons. The Bertz CT molecular complexity index is 862. The molecule has 144 valence electrons. The van der Waals surface area contributed by atoms with Gasteiger partial charge in [-0.25, -0.2) is 13.8 Å². The maximum atomic E-state index is 14.2. The van der Waals surface area contributed by atoms with Gasteiger partial charge in [-0.15, -0.1) is 0 Å². The zero-order valence-electron chi connectivity index (χ0n) is 15.0. The molecule has 0 N–H and O–H groups in total. The number of methoxy groups -OCH3 is 1. The van der Waals surface area contributed by atoms with Gasteiger partial charge in [0.05, 0.1) is 13.7 Å². The summed E-state index contributed by atoms with van der Waals surface area (Å²) < 4.78 is 44.2. The van der Waals surface area contributed by atoms with Gasteiger partial charge in [-0.3, -0.25) is 4.79 Å². The summed E-state index contributed by atoms with van der Waals surface area (Å²) in [7, 11) is 1.32. The van der Waals surface area contributed by atoms with E-state index < -0.39 is 23.1 Å². The Hall–Kier alpha value is -2.48. The number of ether oxygens (including phenoxy) is 2. The van der Waals surface area contributed by atoms with Crippen LogP contribution in [0.2, 0.25) is 0 Å². The predicted molar refractivity (Wildman–Crippen MR) is 90.7 cm³/mol. The summed E-state index contributed by atoms with van der Waals surface area (Å²) >= 11 is 0. The van der Waals surface area contributed by atoms with Gasteiger partial charge in [0.25, 0.3) is 5.91 Å². The fourth-order valence-electron chi connectivity index (χ4n) is 3.57. The highest BCUT2D eigenvalue weighted by molar-refractivity contribution is 5.97. The van der Waals surface area contributed by atoms with Gasteiger partial charge < -0.3 is 18.8 Å². The molecule has 27 heavy (non-hydrogen) atoms. The van der Waals surface area contributed by atoms with Gasteiger partial charge >= 0.3 is 0 Å². The molecule has 1 aromatic carbocycles. The number of benzene rings is 1. The predicted octanol–water partition coefficient (Wildman–Crippen LogP) is 3.05. The van der Waals surface area contributed by atoms with E-state index in [4.69, 9.17) is 13.9 Å². The molecular weight excluding hydrogens is 358 g/mol. The molecule has 3 heterocycles. The second-order valence-corrected chi connectivity index (χ2v) is 6.72. The fourth-order valence-corrected chi connectivity index (χ4v) is 3.57. The van der Waals surface area contributed by atoms with Crippen molar-refractivity contribution in [3.63, 3.8) is 0 Å². The number of oxazole rings is 1. The SMILES string of the molecule is COc1ccc(F)c(F)c1C(=O)N1CCc2oc(C3CCOCC3)nc2C1. The molecule has 2 aromatic rings. The minimum atomic E-state index is -1.20. The fraction of sp³-hybridized carbons (Fsp3) is 0.474. The Kier molecular flexibility index (Phi) is 4.82. The Morgan fingerprint density at radius 2 is 2.07 bits per heavy atom. The van der Waals surface area contributed by atoms with Crippen LogP contribution < -0.4 is 4.74 Å². The highest BCUT2D eigenvalue weighted by atomic mass is 19.2. The van der Waals surface area contributed by atoms with E-state index in [-0.39, 0.29) is 18.2 Å². The number of halogens is 2.